The average molecular weight is 314 g/mol. The molecule has 1 aliphatic carbocycles. The van der Waals surface area contributed by atoms with Gasteiger partial charge in [0.05, 0.1) is 25.4 Å². The molecule has 0 aromatic heterocycles. The van der Waals surface area contributed by atoms with Crippen LogP contribution < -0.4 is 5.32 Å². The maximum atomic E-state index is 9.93. The number of rotatable bonds is 8. The highest BCUT2D eigenvalue weighted by molar-refractivity contribution is 6.31. The molecule has 1 saturated carbocycles. The van der Waals surface area contributed by atoms with Gasteiger partial charge in [-0.3, -0.25) is 0 Å². The minimum atomic E-state index is -0.505. The Hall–Kier alpha value is -0.650. The van der Waals surface area contributed by atoms with Gasteiger partial charge in [-0.05, 0) is 30.9 Å². The molecule has 21 heavy (non-hydrogen) atoms. The second kappa shape index (κ2) is 8.71. The van der Waals surface area contributed by atoms with E-state index in [1.54, 1.807) is 7.11 Å². The summed E-state index contributed by atoms with van der Waals surface area (Å²) in [4.78, 5) is 0. The first-order valence-corrected chi connectivity index (χ1v) is 7.82. The fourth-order valence-corrected chi connectivity index (χ4v) is 2.81. The summed E-state index contributed by atoms with van der Waals surface area (Å²) < 4.78 is 10.9. The van der Waals surface area contributed by atoms with E-state index in [9.17, 15) is 5.11 Å². The van der Waals surface area contributed by atoms with Gasteiger partial charge in [0, 0.05) is 24.7 Å². The molecule has 0 aliphatic heterocycles. The van der Waals surface area contributed by atoms with E-state index >= 15 is 0 Å². The normalized spacial score (nSPS) is 23.4. The zero-order chi connectivity index (χ0) is 15.1. The van der Waals surface area contributed by atoms with Crippen molar-refractivity contribution < 1.29 is 14.6 Å². The van der Waals surface area contributed by atoms with Crippen molar-refractivity contribution in [2.75, 3.05) is 20.3 Å². The van der Waals surface area contributed by atoms with Crippen molar-refractivity contribution in [1.82, 2.24) is 5.32 Å². The van der Waals surface area contributed by atoms with E-state index < -0.39 is 6.10 Å². The van der Waals surface area contributed by atoms with E-state index in [2.05, 4.69) is 5.32 Å². The van der Waals surface area contributed by atoms with Crippen molar-refractivity contribution in [3.63, 3.8) is 0 Å². The molecule has 2 rings (SSSR count). The third-order valence-corrected chi connectivity index (χ3v) is 4.25. The SMILES string of the molecule is COC1CCC(NCC(O)COCc2ccccc2Cl)C1. The van der Waals surface area contributed by atoms with Gasteiger partial charge in [-0.25, -0.2) is 0 Å². The second-order valence-corrected chi connectivity index (χ2v) is 5.94. The summed E-state index contributed by atoms with van der Waals surface area (Å²) in [5.41, 5.74) is 0.943. The lowest BCUT2D eigenvalue weighted by Crippen LogP contribution is -2.36. The first kappa shape index (κ1) is 16.7. The Morgan fingerprint density at radius 2 is 2.19 bits per heavy atom. The minimum Gasteiger partial charge on any atom is -0.389 e. The largest absolute Gasteiger partial charge is 0.389 e. The number of hydrogen-bond donors (Lipinski definition) is 2. The van der Waals surface area contributed by atoms with Crippen LogP contribution in [-0.4, -0.2) is 43.6 Å². The Kier molecular flexibility index (Phi) is 6.93. The predicted molar refractivity (Wildman–Crippen MR) is 83.6 cm³/mol. The van der Waals surface area contributed by atoms with Gasteiger partial charge in [0.2, 0.25) is 0 Å². The fraction of sp³-hybridized carbons (Fsp3) is 0.625. The second-order valence-electron chi connectivity index (χ2n) is 5.54. The number of benzene rings is 1. The van der Waals surface area contributed by atoms with Crippen LogP contribution in [0.2, 0.25) is 5.02 Å². The summed E-state index contributed by atoms with van der Waals surface area (Å²) in [5.74, 6) is 0. The minimum absolute atomic E-state index is 0.304. The lowest BCUT2D eigenvalue weighted by Gasteiger charge is -2.17. The molecule has 2 N–H and O–H groups in total. The molecule has 3 unspecified atom stereocenters. The average Bonchev–Trinajstić information content (AvgIpc) is 2.95. The maximum absolute atomic E-state index is 9.93. The zero-order valence-electron chi connectivity index (χ0n) is 12.4. The van der Waals surface area contributed by atoms with E-state index in [1.807, 2.05) is 24.3 Å². The van der Waals surface area contributed by atoms with Crippen LogP contribution in [0.15, 0.2) is 24.3 Å². The number of methoxy groups -OCH3 is 1. The number of nitrogens with one attached hydrogen (secondary N) is 1. The molecule has 118 valence electrons. The first-order chi connectivity index (χ1) is 10.2. The topological polar surface area (TPSA) is 50.7 Å². The lowest BCUT2D eigenvalue weighted by molar-refractivity contribution is 0.0273. The molecule has 0 heterocycles. The van der Waals surface area contributed by atoms with Crippen LogP contribution in [-0.2, 0) is 16.1 Å². The van der Waals surface area contributed by atoms with Crippen molar-refractivity contribution in [2.45, 2.75) is 44.1 Å². The van der Waals surface area contributed by atoms with E-state index in [1.165, 1.54) is 0 Å². The molecule has 3 atom stereocenters. The Morgan fingerprint density at radius 1 is 1.38 bits per heavy atom. The van der Waals surface area contributed by atoms with Crippen LogP contribution in [0.4, 0.5) is 0 Å². The molecule has 1 fully saturated rings. The van der Waals surface area contributed by atoms with Gasteiger partial charge in [0.1, 0.15) is 0 Å². The van der Waals surface area contributed by atoms with Crippen molar-refractivity contribution in [2.24, 2.45) is 0 Å². The highest BCUT2D eigenvalue weighted by atomic mass is 35.5. The van der Waals surface area contributed by atoms with Crippen molar-refractivity contribution in [3.05, 3.63) is 34.9 Å². The van der Waals surface area contributed by atoms with Crippen LogP contribution in [0.1, 0.15) is 24.8 Å². The van der Waals surface area contributed by atoms with Crippen LogP contribution in [0.25, 0.3) is 0 Å². The summed E-state index contributed by atoms with van der Waals surface area (Å²) in [6.07, 6.45) is 3.06. The molecular formula is C16H24ClNO3. The van der Waals surface area contributed by atoms with Crippen LogP contribution >= 0.6 is 11.6 Å². The van der Waals surface area contributed by atoms with E-state index in [-0.39, 0.29) is 0 Å². The summed E-state index contributed by atoms with van der Waals surface area (Å²) in [7, 11) is 1.75. The standard InChI is InChI=1S/C16H24ClNO3/c1-20-15-7-6-13(8-15)18-9-14(19)11-21-10-12-4-2-3-5-16(12)17/h2-5,13-15,18-19H,6-11H2,1H3. The van der Waals surface area contributed by atoms with Crippen molar-refractivity contribution in [3.8, 4) is 0 Å². The predicted octanol–water partition coefficient (Wildman–Crippen LogP) is 2.37. The monoisotopic (exact) mass is 313 g/mol. The van der Waals surface area contributed by atoms with Gasteiger partial charge in [-0.2, -0.15) is 0 Å². The number of hydrogen-bond acceptors (Lipinski definition) is 4. The quantitative estimate of drug-likeness (QED) is 0.773. The van der Waals surface area contributed by atoms with Gasteiger partial charge in [0.15, 0.2) is 0 Å². The summed E-state index contributed by atoms with van der Waals surface area (Å²) in [6, 6.07) is 8.02. The third kappa shape index (κ3) is 5.57. The Labute approximate surface area is 131 Å². The van der Waals surface area contributed by atoms with Gasteiger partial charge in [0.25, 0.3) is 0 Å². The fourth-order valence-electron chi connectivity index (χ4n) is 2.62. The van der Waals surface area contributed by atoms with Gasteiger partial charge >= 0.3 is 0 Å². The molecular weight excluding hydrogens is 290 g/mol. The third-order valence-electron chi connectivity index (χ3n) is 3.89. The number of aliphatic hydroxyl groups excluding tert-OH is 1. The van der Waals surface area contributed by atoms with Crippen LogP contribution in [0.3, 0.4) is 0 Å². The number of halogens is 1. The van der Waals surface area contributed by atoms with E-state index in [0.29, 0.717) is 36.9 Å². The van der Waals surface area contributed by atoms with Crippen molar-refractivity contribution in [1.29, 1.82) is 0 Å². The molecule has 1 aromatic carbocycles. The van der Waals surface area contributed by atoms with E-state index in [4.69, 9.17) is 21.1 Å². The molecule has 1 aromatic rings. The summed E-state index contributed by atoms with van der Waals surface area (Å²) >= 11 is 6.05. The van der Waals surface area contributed by atoms with Gasteiger partial charge < -0.3 is 19.9 Å². The molecule has 0 saturated heterocycles. The summed E-state index contributed by atoms with van der Waals surface area (Å²) in [5, 5.41) is 14.0. The van der Waals surface area contributed by atoms with Gasteiger partial charge in [-0.1, -0.05) is 29.8 Å². The lowest BCUT2D eigenvalue weighted by atomic mass is 10.2. The Balaban J connectivity index is 1.60. The Morgan fingerprint density at radius 3 is 2.90 bits per heavy atom. The Bertz CT molecular complexity index is 430. The molecule has 4 nitrogen and oxygen atoms in total. The zero-order valence-corrected chi connectivity index (χ0v) is 13.2. The molecule has 5 heteroatoms. The van der Waals surface area contributed by atoms with Crippen LogP contribution in [0.5, 0.6) is 0 Å². The highest BCUT2D eigenvalue weighted by Gasteiger charge is 2.24. The molecule has 0 spiro atoms. The maximum Gasteiger partial charge on any atom is 0.0897 e. The number of aliphatic hydroxyl groups is 1. The van der Waals surface area contributed by atoms with Crippen molar-refractivity contribution >= 4 is 11.6 Å². The first-order valence-electron chi connectivity index (χ1n) is 7.44. The van der Waals surface area contributed by atoms with Gasteiger partial charge in [-0.15, -0.1) is 0 Å². The molecule has 0 bridgehead atoms. The molecule has 0 radical (unpaired) electrons. The summed E-state index contributed by atoms with van der Waals surface area (Å²) in [6.45, 7) is 1.27. The number of ether oxygens (including phenoxy) is 2. The van der Waals surface area contributed by atoms with Crippen LogP contribution in [0, 0.1) is 0 Å². The smallest absolute Gasteiger partial charge is 0.0897 e. The van der Waals surface area contributed by atoms with E-state index in [0.717, 1.165) is 24.8 Å². The molecule has 0 amide bonds. The highest BCUT2D eigenvalue weighted by Crippen LogP contribution is 2.21. The molecule has 1 aliphatic rings.